The van der Waals surface area contributed by atoms with E-state index in [2.05, 4.69) is 55.7 Å². The SMILES string of the molecule is CCCC.CCc1cc2ccccc2cc1N.O=CNCCNC=O. The fraction of sp³-hybridized carbons (Fsp3) is 0.400. The van der Waals surface area contributed by atoms with E-state index in [-0.39, 0.29) is 0 Å². The molecule has 0 aliphatic carbocycles. The molecule has 0 aliphatic rings. The Morgan fingerprint density at radius 1 is 0.880 bits per heavy atom. The molecule has 0 atom stereocenters. The lowest BCUT2D eigenvalue weighted by Gasteiger charge is -2.05. The highest BCUT2D eigenvalue weighted by molar-refractivity contribution is 5.86. The van der Waals surface area contributed by atoms with Crippen molar-refractivity contribution in [1.82, 2.24) is 10.6 Å². The quantitative estimate of drug-likeness (QED) is 0.409. The molecule has 138 valence electrons. The molecule has 2 rings (SSSR count). The fourth-order valence-corrected chi connectivity index (χ4v) is 1.87. The summed E-state index contributed by atoms with van der Waals surface area (Å²) in [4.78, 5) is 19.1. The average molecular weight is 345 g/mol. The lowest BCUT2D eigenvalue weighted by Crippen LogP contribution is -2.25. The number of nitrogen functional groups attached to an aromatic ring is 1. The minimum absolute atomic E-state index is 0.488. The summed E-state index contributed by atoms with van der Waals surface area (Å²) in [6.45, 7) is 7.46. The van der Waals surface area contributed by atoms with E-state index in [9.17, 15) is 9.59 Å². The Labute approximate surface area is 151 Å². The van der Waals surface area contributed by atoms with Crippen molar-refractivity contribution in [3.8, 4) is 0 Å². The highest BCUT2D eigenvalue weighted by Gasteiger charge is 1.98. The van der Waals surface area contributed by atoms with Crippen LogP contribution in [0.5, 0.6) is 0 Å². The molecular weight excluding hydrogens is 314 g/mol. The van der Waals surface area contributed by atoms with Crippen molar-refractivity contribution in [3.05, 3.63) is 42.0 Å². The number of unbranched alkanes of at least 4 members (excludes halogenated alkanes) is 1. The van der Waals surface area contributed by atoms with E-state index in [1.807, 2.05) is 12.1 Å². The zero-order valence-electron chi connectivity index (χ0n) is 15.5. The summed E-state index contributed by atoms with van der Waals surface area (Å²) < 4.78 is 0. The van der Waals surface area contributed by atoms with E-state index in [0.29, 0.717) is 25.9 Å². The predicted octanol–water partition coefficient (Wildman–Crippen LogP) is 3.27. The summed E-state index contributed by atoms with van der Waals surface area (Å²) in [5.41, 5.74) is 8.04. The second-order valence-corrected chi connectivity index (χ2v) is 5.40. The van der Waals surface area contributed by atoms with Gasteiger partial charge in [0, 0.05) is 18.8 Å². The molecule has 0 saturated carbocycles. The lowest BCUT2D eigenvalue weighted by atomic mass is 10.0. The molecule has 0 unspecified atom stereocenters. The zero-order chi connectivity index (χ0) is 18.9. The van der Waals surface area contributed by atoms with Crippen LogP contribution < -0.4 is 16.4 Å². The zero-order valence-corrected chi connectivity index (χ0v) is 15.5. The second-order valence-electron chi connectivity index (χ2n) is 5.40. The van der Waals surface area contributed by atoms with Crippen molar-refractivity contribution < 1.29 is 9.59 Å². The topological polar surface area (TPSA) is 84.2 Å². The Morgan fingerprint density at radius 2 is 1.36 bits per heavy atom. The number of nitrogens with one attached hydrogen (secondary N) is 2. The lowest BCUT2D eigenvalue weighted by molar-refractivity contribution is -0.111. The molecule has 0 bridgehead atoms. The summed E-state index contributed by atoms with van der Waals surface area (Å²) in [7, 11) is 0. The molecule has 0 aliphatic heterocycles. The van der Waals surface area contributed by atoms with E-state index in [4.69, 9.17) is 5.73 Å². The number of nitrogens with two attached hydrogens (primary N) is 1. The highest BCUT2D eigenvalue weighted by Crippen LogP contribution is 2.21. The first-order chi connectivity index (χ1) is 12.1. The molecule has 4 N–H and O–H groups in total. The third kappa shape index (κ3) is 10.0. The Hall–Kier alpha value is -2.56. The summed E-state index contributed by atoms with van der Waals surface area (Å²) in [5.74, 6) is 0. The number of amides is 2. The molecule has 0 fully saturated rings. The minimum Gasteiger partial charge on any atom is -0.398 e. The van der Waals surface area contributed by atoms with Crippen LogP contribution >= 0.6 is 0 Å². The van der Waals surface area contributed by atoms with Crippen molar-refractivity contribution in [2.75, 3.05) is 18.8 Å². The Balaban J connectivity index is 0.000000413. The largest absolute Gasteiger partial charge is 0.398 e. The summed E-state index contributed by atoms with van der Waals surface area (Å²) >= 11 is 0. The fourth-order valence-electron chi connectivity index (χ4n) is 1.87. The molecule has 0 aromatic heterocycles. The van der Waals surface area contributed by atoms with Crippen LogP contribution in [0.25, 0.3) is 10.8 Å². The van der Waals surface area contributed by atoms with Gasteiger partial charge in [-0.25, -0.2) is 0 Å². The van der Waals surface area contributed by atoms with Gasteiger partial charge < -0.3 is 16.4 Å². The van der Waals surface area contributed by atoms with E-state index >= 15 is 0 Å². The first-order valence-corrected chi connectivity index (χ1v) is 8.75. The number of carbonyl (C=O) groups is 2. The summed E-state index contributed by atoms with van der Waals surface area (Å²) in [5, 5.41) is 7.25. The van der Waals surface area contributed by atoms with Crippen LogP contribution in [0.15, 0.2) is 36.4 Å². The van der Waals surface area contributed by atoms with E-state index < -0.39 is 0 Å². The van der Waals surface area contributed by atoms with Gasteiger partial charge in [0.15, 0.2) is 0 Å². The third-order valence-corrected chi connectivity index (χ3v) is 3.47. The molecule has 2 amide bonds. The van der Waals surface area contributed by atoms with Gasteiger partial charge in [0.2, 0.25) is 12.8 Å². The Bertz CT molecular complexity index is 603. The summed E-state index contributed by atoms with van der Waals surface area (Å²) in [6.07, 6.45) is 4.82. The van der Waals surface area contributed by atoms with Crippen LogP contribution in [0.1, 0.15) is 39.2 Å². The van der Waals surface area contributed by atoms with Crippen LogP contribution in [0.2, 0.25) is 0 Å². The molecular formula is C20H31N3O2. The van der Waals surface area contributed by atoms with Gasteiger partial charge in [-0.05, 0) is 34.9 Å². The maximum atomic E-state index is 9.54. The molecule has 0 spiro atoms. The van der Waals surface area contributed by atoms with Gasteiger partial charge in [-0.1, -0.05) is 57.9 Å². The van der Waals surface area contributed by atoms with Crippen LogP contribution in [-0.2, 0) is 16.0 Å². The number of benzene rings is 2. The second kappa shape index (κ2) is 15.0. The van der Waals surface area contributed by atoms with Crippen molar-refractivity contribution in [3.63, 3.8) is 0 Å². The van der Waals surface area contributed by atoms with Gasteiger partial charge in [0.25, 0.3) is 0 Å². The molecule has 0 radical (unpaired) electrons. The first kappa shape index (κ1) is 22.4. The van der Waals surface area contributed by atoms with Gasteiger partial charge in [-0.3, -0.25) is 9.59 Å². The van der Waals surface area contributed by atoms with E-state index in [1.54, 1.807) is 0 Å². The smallest absolute Gasteiger partial charge is 0.207 e. The van der Waals surface area contributed by atoms with Crippen LogP contribution in [0.3, 0.4) is 0 Å². The van der Waals surface area contributed by atoms with Gasteiger partial charge in [0.1, 0.15) is 0 Å². The summed E-state index contributed by atoms with van der Waals surface area (Å²) in [6, 6.07) is 12.5. The number of carbonyl (C=O) groups excluding carboxylic acids is 2. The highest BCUT2D eigenvalue weighted by atomic mass is 16.1. The monoisotopic (exact) mass is 345 g/mol. The normalized spacial score (nSPS) is 9.08. The van der Waals surface area contributed by atoms with Gasteiger partial charge >= 0.3 is 0 Å². The molecule has 0 heterocycles. The van der Waals surface area contributed by atoms with E-state index in [1.165, 1.54) is 29.2 Å². The predicted molar refractivity (Wildman–Crippen MR) is 106 cm³/mol. The van der Waals surface area contributed by atoms with Crippen molar-refractivity contribution in [1.29, 1.82) is 0 Å². The van der Waals surface area contributed by atoms with Crippen molar-refractivity contribution in [2.45, 2.75) is 40.0 Å². The molecule has 5 heteroatoms. The van der Waals surface area contributed by atoms with Crippen LogP contribution in [0.4, 0.5) is 5.69 Å². The molecule has 2 aromatic rings. The number of rotatable bonds is 7. The van der Waals surface area contributed by atoms with Crippen molar-refractivity contribution >= 4 is 29.3 Å². The number of hydrogen-bond donors (Lipinski definition) is 3. The maximum Gasteiger partial charge on any atom is 0.207 e. The Morgan fingerprint density at radius 3 is 1.76 bits per heavy atom. The molecule has 2 aromatic carbocycles. The molecule has 0 saturated heterocycles. The number of aryl methyl sites for hydroxylation is 1. The van der Waals surface area contributed by atoms with Gasteiger partial charge in [0.05, 0.1) is 0 Å². The first-order valence-electron chi connectivity index (χ1n) is 8.75. The van der Waals surface area contributed by atoms with E-state index in [0.717, 1.165) is 12.1 Å². The number of anilines is 1. The van der Waals surface area contributed by atoms with Crippen LogP contribution in [0, 0.1) is 0 Å². The van der Waals surface area contributed by atoms with Gasteiger partial charge in [-0.2, -0.15) is 0 Å². The number of fused-ring (bicyclic) bond motifs is 1. The standard InChI is InChI=1S/C12H13N.C4H8N2O2.C4H10/c1-2-9-7-10-5-3-4-6-11(10)8-12(9)13;7-3-5-1-2-6-4-8;1-3-4-2/h3-8H,2,13H2,1H3;3-4H,1-2H2,(H,5,7)(H,6,8);3-4H2,1-2H3. The van der Waals surface area contributed by atoms with Gasteiger partial charge in [-0.15, -0.1) is 0 Å². The molecule has 25 heavy (non-hydrogen) atoms. The van der Waals surface area contributed by atoms with Crippen molar-refractivity contribution in [2.24, 2.45) is 0 Å². The third-order valence-electron chi connectivity index (χ3n) is 3.47. The molecule has 5 nitrogen and oxygen atoms in total. The van der Waals surface area contributed by atoms with Crippen LogP contribution in [-0.4, -0.2) is 25.9 Å². The number of hydrogen-bond acceptors (Lipinski definition) is 3. The average Bonchev–Trinajstić information content (AvgIpc) is 2.65. The minimum atomic E-state index is 0.488. The Kier molecular flexibility index (Phi) is 13.5. The maximum absolute atomic E-state index is 9.54.